The van der Waals surface area contributed by atoms with Gasteiger partial charge >= 0.3 is 0 Å². The Balaban J connectivity index is 2.12. The number of nitrogens with zero attached hydrogens (tertiary/aromatic N) is 1. The van der Waals surface area contributed by atoms with E-state index in [4.69, 9.17) is 9.52 Å². The highest BCUT2D eigenvalue weighted by atomic mass is 32.1. The Morgan fingerprint density at radius 2 is 2.40 bits per heavy atom. The zero-order valence-electron chi connectivity index (χ0n) is 8.56. The van der Waals surface area contributed by atoms with E-state index < -0.39 is 0 Å². The van der Waals surface area contributed by atoms with Crippen molar-refractivity contribution in [1.29, 1.82) is 0 Å². The smallest absolute Gasteiger partial charge is 0.199 e. The number of rotatable bonds is 4. The third-order valence-corrected chi connectivity index (χ3v) is 3.07. The second-order valence-electron chi connectivity index (χ2n) is 3.34. The molecule has 0 radical (unpaired) electrons. The number of hydrogen-bond acceptors (Lipinski definition) is 4. The quantitative estimate of drug-likeness (QED) is 0.864. The van der Waals surface area contributed by atoms with Crippen LogP contribution < -0.4 is 0 Å². The Kier molecular flexibility index (Phi) is 3.18. The Hall–Kier alpha value is -1.13. The Bertz CT molecular complexity index is 420. The standard InChI is InChI=1S/C11H13NO2S/c1-8-10(4-5-13)12-11(14-8)7-9-3-2-6-15-9/h2-3,6,13H,4-5,7H2,1H3. The highest BCUT2D eigenvalue weighted by Crippen LogP contribution is 2.17. The van der Waals surface area contributed by atoms with Crippen LogP contribution in [-0.2, 0) is 12.8 Å². The number of aryl methyl sites for hydroxylation is 1. The fourth-order valence-electron chi connectivity index (χ4n) is 1.46. The number of hydrogen-bond donors (Lipinski definition) is 1. The normalized spacial score (nSPS) is 10.8. The minimum Gasteiger partial charge on any atom is -0.445 e. The van der Waals surface area contributed by atoms with Gasteiger partial charge in [0, 0.05) is 17.9 Å². The van der Waals surface area contributed by atoms with E-state index in [0.717, 1.165) is 23.8 Å². The van der Waals surface area contributed by atoms with Crippen molar-refractivity contribution in [2.75, 3.05) is 6.61 Å². The Morgan fingerprint density at radius 3 is 3.07 bits per heavy atom. The summed E-state index contributed by atoms with van der Waals surface area (Å²) in [5, 5.41) is 10.9. The van der Waals surface area contributed by atoms with Crippen LogP contribution in [0.2, 0.25) is 0 Å². The van der Waals surface area contributed by atoms with Gasteiger partial charge in [-0.05, 0) is 18.4 Å². The second-order valence-corrected chi connectivity index (χ2v) is 4.37. The lowest BCUT2D eigenvalue weighted by Gasteiger charge is -1.89. The lowest BCUT2D eigenvalue weighted by molar-refractivity contribution is 0.297. The molecule has 2 heterocycles. The number of aliphatic hydroxyl groups excluding tert-OH is 1. The molecule has 0 bridgehead atoms. The van der Waals surface area contributed by atoms with Crippen LogP contribution in [0.5, 0.6) is 0 Å². The van der Waals surface area contributed by atoms with E-state index in [9.17, 15) is 0 Å². The van der Waals surface area contributed by atoms with Crippen molar-refractivity contribution in [3.8, 4) is 0 Å². The summed E-state index contributed by atoms with van der Waals surface area (Å²) >= 11 is 1.70. The summed E-state index contributed by atoms with van der Waals surface area (Å²) in [6, 6.07) is 4.08. The fraction of sp³-hybridized carbons (Fsp3) is 0.364. The largest absolute Gasteiger partial charge is 0.445 e. The van der Waals surface area contributed by atoms with Gasteiger partial charge in [0.15, 0.2) is 5.89 Å². The second kappa shape index (κ2) is 4.59. The van der Waals surface area contributed by atoms with Crippen LogP contribution in [0, 0.1) is 6.92 Å². The van der Waals surface area contributed by atoms with Crippen molar-refractivity contribution in [2.24, 2.45) is 0 Å². The van der Waals surface area contributed by atoms with Crippen molar-refractivity contribution in [1.82, 2.24) is 4.98 Å². The molecule has 2 rings (SSSR count). The molecule has 0 aliphatic heterocycles. The molecule has 0 spiro atoms. The van der Waals surface area contributed by atoms with Gasteiger partial charge in [-0.3, -0.25) is 0 Å². The van der Waals surface area contributed by atoms with Gasteiger partial charge in [-0.2, -0.15) is 0 Å². The van der Waals surface area contributed by atoms with E-state index in [1.807, 2.05) is 18.4 Å². The summed E-state index contributed by atoms with van der Waals surface area (Å²) in [6.07, 6.45) is 1.31. The summed E-state index contributed by atoms with van der Waals surface area (Å²) in [6.45, 7) is 2.00. The zero-order valence-corrected chi connectivity index (χ0v) is 9.38. The van der Waals surface area contributed by atoms with Gasteiger partial charge < -0.3 is 9.52 Å². The average Bonchev–Trinajstić information content (AvgIpc) is 2.79. The van der Waals surface area contributed by atoms with Gasteiger partial charge in [-0.25, -0.2) is 4.98 Å². The molecule has 0 aromatic carbocycles. The van der Waals surface area contributed by atoms with Crippen LogP contribution >= 0.6 is 11.3 Å². The van der Waals surface area contributed by atoms with Crippen molar-refractivity contribution < 1.29 is 9.52 Å². The molecule has 0 unspecified atom stereocenters. The third-order valence-electron chi connectivity index (χ3n) is 2.19. The number of aromatic nitrogens is 1. The summed E-state index contributed by atoms with van der Waals surface area (Å²) in [5.41, 5.74) is 0.865. The molecule has 1 N–H and O–H groups in total. The van der Waals surface area contributed by atoms with Crippen LogP contribution in [0.4, 0.5) is 0 Å². The van der Waals surface area contributed by atoms with Crippen LogP contribution in [0.1, 0.15) is 22.2 Å². The summed E-state index contributed by atoms with van der Waals surface area (Å²) in [5.74, 6) is 1.55. The van der Waals surface area contributed by atoms with E-state index in [-0.39, 0.29) is 6.61 Å². The maximum absolute atomic E-state index is 8.83. The van der Waals surface area contributed by atoms with E-state index in [1.165, 1.54) is 4.88 Å². The lowest BCUT2D eigenvalue weighted by atomic mass is 10.3. The predicted octanol–water partition coefficient (Wildman–Crippen LogP) is 2.17. The summed E-state index contributed by atoms with van der Waals surface area (Å²) in [7, 11) is 0. The highest BCUT2D eigenvalue weighted by Gasteiger charge is 2.09. The Labute approximate surface area is 92.4 Å². The van der Waals surface area contributed by atoms with Gasteiger partial charge in [0.1, 0.15) is 5.76 Å². The Morgan fingerprint density at radius 1 is 1.53 bits per heavy atom. The molecule has 0 atom stereocenters. The van der Waals surface area contributed by atoms with Crippen molar-refractivity contribution >= 4 is 11.3 Å². The maximum atomic E-state index is 8.83. The van der Waals surface area contributed by atoms with Crippen LogP contribution in [0.25, 0.3) is 0 Å². The van der Waals surface area contributed by atoms with Crippen LogP contribution in [-0.4, -0.2) is 16.7 Å². The molecule has 0 saturated heterocycles. The molecule has 0 fully saturated rings. The molecule has 4 heteroatoms. The number of oxazole rings is 1. The molecule has 0 aliphatic rings. The molecular weight excluding hydrogens is 210 g/mol. The van der Waals surface area contributed by atoms with E-state index in [1.54, 1.807) is 11.3 Å². The van der Waals surface area contributed by atoms with Crippen LogP contribution in [0.15, 0.2) is 21.9 Å². The first-order valence-electron chi connectivity index (χ1n) is 4.88. The third kappa shape index (κ3) is 2.46. The van der Waals surface area contributed by atoms with E-state index in [0.29, 0.717) is 6.42 Å². The molecule has 0 saturated carbocycles. The highest BCUT2D eigenvalue weighted by molar-refractivity contribution is 7.09. The first kappa shape index (κ1) is 10.4. The number of aliphatic hydroxyl groups is 1. The van der Waals surface area contributed by atoms with Crippen molar-refractivity contribution in [2.45, 2.75) is 19.8 Å². The van der Waals surface area contributed by atoms with E-state index in [2.05, 4.69) is 11.1 Å². The summed E-state index contributed by atoms with van der Waals surface area (Å²) in [4.78, 5) is 5.60. The lowest BCUT2D eigenvalue weighted by Crippen LogP contribution is -1.93. The molecule has 2 aromatic heterocycles. The van der Waals surface area contributed by atoms with Gasteiger partial charge in [0.2, 0.25) is 0 Å². The van der Waals surface area contributed by atoms with Gasteiger partial charge in [-0.1, -0.05) is 6.07 Å². The minimum atomic E-state index is 0.117. The molecule has 0 aliphatic carbocycles. The van der Waals surface area contributed by atoms with Crippen molar-refractivity contribution in [3.63, 3.8) is 0 Å². The monoisotopic (exact) mass is 223 g/mol. The molecule has 0 amide bonds. The predicted molar refractivity (Wildman–Crippen MR) is 59.2 cm³/mol. The molecule has 2 aromatic rings. The zero-order chi connectivity index (χ0) is 10.7. The average molecular weight is 223 g/mol. The minimum absolute atomic E-state index is 0.117. The first-order chi connectivity index (χ1) is 7.29. The molecule has 15 heavy (non-hydrogen) atoms. The first-order valence-corrected chi connectivity index (χ1v) is 5.76. The molecular formula is C11H13NO2S. The SMILES string of the molecule is Cc1oc(Cc2cccs2)nc1CCO. The topological polar surface area (TPSA) is 46.3 Å². The van der Waals surface area contributed by atoms with Crippen molar-refractivity contribution in [3.05, 3.63) is 39.7 Å². The fourth-order valence-corrected chi connectivity index (χ4v) is 2.16. The maximum Gasteiger partial charge on any atom is 0.199 e. The van der Waals surface area contributed by atoms with Gasteiger partial charge in [0.25, 0.3) is 0 Å². The summed E-state index contributed by atoms with van der Waals surface area (Å²) < 4.78 is 5.52. The molecule has 80 valence electrons. The van der Waals surface area contributed by atoms with E-state index >= 15 is 0 Å². The van der Waals surface area contributed by atoms with Crippen LogP contribution in [0.3, 0.4) is 0 Å². The van der Waals surface area contributed by atoms with Gasteiger partial charge in [-0.15, -0.1) is 11.3 Å². The van der Waals surface area contributed by atoms with Gasteiger partial charge in [0.05, 0.1) is 12.1 Å². The molecule has 3 nitrogen and oxygen atoms in total. The number of thiophene rings is 1.